The lowest BCUT2D eigenvalue weighted by atomic mass is 9.68. The molecule has 1 atom stereocenters. The molecule has 1 aliphatic heterocycles. The smallest absolute Gasteiger partial charge is 0.118 e. The third-order valence-corrected chi connectivity index (χ3v) is 4.02. The molecule has 0 spiro atoms. The van der Waals surface area contributed by atoms with Crippen LogP contribution >= 0.6 is 0 Å². The van der Waals surface area contributed by atoms with Gasteiger partial charge in [0.15, 0.2) is 0 Å². The van der Waals surface area contributed by atoms with Crippen LogP contribution in [-0.4, -0.2) is 13.7 Å². The zero-order chi connectivity index (χ0) is 12.5. The van der Waals surface area contributed by atoms with Crippen molar-refractivity contribution in [1.82, 2.24) is 5.32 Å². The van der Waals surface area contributed by atoms with Gasteiger partial charge in [0, 0.05) is 5.54 Å². The average molecular weight is 233 g/mol. The van der Waals surface area contributed by atoms with Crippen LogP contribution in [-0.2, 0) is 5.54 Å². The van der Waals surface area contributed by atoms with E-state index < -0.39 is 0 Å². The van der Waals surface area contributed by atoms with E-state index >= 15 is 0 Å². The molecule has 0 radical (unpaired) electrons. The first-order valence-corrected chi connectivity index (χ1v) is 6.39. The standard InChI is InChI=1S/C15H23NO/c1-14(2,3)15(10-5-11-16-15)12-6-8-13(17-4)9-7-12/h6-9,16H,5,10-11H2,1-4H3. The zero-order valence-electron chi connectivity index (χ0n) is 11.3. The van der Waals surface area contributed by atoms with Crippen LogP contribution in [0.5, 0.6) is 5.75 Å². The molecule has 17 heavy (non-hydrogen) atoms. The highest BCUT2D eigenvalue weighted by Gasteiger charge is 2.45. The van der Waals surface area contributed by atoms with Crippen molar-refractivity contribution < 1.29 is 4.74 Å². The molecule has 1 saturated heterocycles. The molecule has 0 bridgehead atoms. The van der Waals surface area contributed by atoms with E-state index in [2.05, 4.69) is 50.4 Å². The molecule has 1 N–H and O–H groups in total. The summed E-state index contributed by atoms with van der Waals surface area (Å²) in [5.41, 5.74) is 1.71. The molecule has 1 heterocycles. The topological polar surface area (TPSA) is 21.3 Å². The maximum absolute atomic E-state index is 5.23. The highest BCUT2D eigenvalue weighted by Crippen LogP contribution is 2.45. The number of hydrogen-bond acceptors (Lipinski definition) is 2. The molecule has 1 aromatic carbocycles. The van der Waals surface area contributed by atoms with Crippen LogP contribution in [0.15, 0.2) is 24.3 Å². The minimum Gasteiger partial charge on any atom is -0.497 e. The van der Waals surface area contributed by atoms with Gasteiger partial charge in [0.1, 0.15) is 5.75 Å². The van der Waals surface area contributed by atoms with Gasteiger partial charge in [-0.15, -0.1) is 0 Å². The molecule has 0 saturated carbocycles. The predicted octanol–water partition coefficient (Wildman–Crippen LogP) is 3.32. The molecule has 0 aromatic heterocycles. The fourth-order valence-electron chi connectivity index (χ4n) is 2.94. The molecule has 0 aliphatic carbocycles. The molecule has 1 aromatic rings. The average Bonchev–Trinajstić information content (AvgIpc) is 2.79. The van der Waals surface area contributed by atoms with Crippen LogP contribution in [0.1, 0.15) is 39.2 Å². The molecule has 0 amide bonds. The normalized spacial score (nSPS) is 24.9. The second kappa shape index (κ2) is 4.34. The fourth-order valence-corrected chi connectivity index (χ4v) is 2.94. The summed E-state index contributed by atoms with van der Waals surface area (Å²) in [4.78, 5) is 0. The zero-order valence-corrected chi connectivity index (χ0v) is 11.3. The lowest BCUT2D eigenvalue weighted by Gasteiger charge is -2.43. The summed E-state index contributed by atoms with van der Waals surface area (Å²) in [6, 6.07) is 8.51. The van der Waals surface area contributed by atoms with Gasteiger partial charge in [-0.2, -0.15) is 0 Å². The highest BCUT2D eigenvalue weighted by atomic mass is 16.5. The van der Waals surface area contributed by atoms with Crippen molar-refractivity contribution in [2.24, 2.45) is 5.41 Å². The molecule has 2 nitrogen and oxygen atoms in total. The molecule has 1 aliphatic rings. The van der Waals surface area contributed by atoms with Gasteiger partial charge in [-0.3, -0.25) is 0 Å². The van der Waals surface area contributed by atoms with Gasteiger partial charge in [0.25, 0.3) is 0 Å². The van der Waals surface area contributed by atoms with E-state index in [0.29, 0.717) is 0 Å². The Bertz CT molecular complexity index is 369. The second-order valence-corrected chi connectivity index (χ2v) is 5.91. The number of ether oxygens (including phenoxy) is 1. The maximum atomic E-state index is 5.23. The van der Waals surface area contributed by atoms with E-state index in [4.69, 9.17) is 4.74 Å². The first-order chi connectivity index (χ1) is 7.99. The van der Waals surface area contributed by atoms with Crippen molar-refractivity contribution in [2.45, 2.75) is 39.2 Å². The number of benzene rings is 1. The number of nitrogens with one attached hydrogen (secondary N) is 1. The van der Waals surface area contributed by atoms with Gasteiger partial charge in [-0.05, 0) is 42.5 Å². The summed E-state index contributed by atoms with van der Waals surface area (Å²) in [6.45, 7) is 8.06. The number of methoxy groups -OCH3 is 1. The summed E-state index contributed by atoms with van der Waals surface area (Å²) in [5, 5.41) is 3.72. The van der Waals surface area contributed by atoms with Crippen molar-refractivity contribution >= 4 is 0 Å². The summed E-state index contributed by atoms with van der Waals surface area (Å²) in [7, 11) is 1.71. The van der Waals surface area contributed by atoms with Gasteiger partial charge in [-0.25, -0.2) is 0 Å². The van der Waals surface area contributed by atoms with Crippen LogP contribution in [0.25, 0.3) is 0 Å². The van der Waals surface area contributed by atoms with Crippen molar-refractivity contribution in [2.75, 3.05) is 13.7 Å². The Morgan fingerprint density at radius 2 is 1.82 bits per heavy atom. The fraction of sp³-hybridized carbons (Fsp3) is 0.600. The summed E-state index contributed by atoms with van der Waals surface area (Å²) < 4.78 is 5.23. The molecular weight excluding hydrogens is 210 g/mol. The summed E-state index contributed by atoms with van der Waals surface area (Å²) >= 11 is 0. The minimum absolute atomic E-state index is 0.110. The SMILES string of the molecule is COc1ccc(C2(C(C)(C)C)CCCN2)cc1. The Hall–Kier alpha value is -1.02. The summed E-state index contributed by atoms with van der Waals surface area (Å²) in [5.74, 6) is 0.927. The van der Waals surface area contributed by atoms with E-state index in [1.165, 1.54) is 18.4 Å². The van der Waals surface area contributed by atoms with Crippen molar-refractivity contribution in [3.63, 3.8) is 0 Å². The lowest BCUT2D eigenvalue weighted by molar-refractivity contribution is 0.160. The molecule has 94 valence electrons. The monoisotopic (exact) mass is 233 g/mol. The van der Waals surface area contributed by atoms with E-state index in [-0.39, 0.29) is 11.0 Å². The Morgan fingerprint density at radius 3 is 2.24 bits per heavy atom. The Balaban J connectivity index is 2.39. The van der Waals surface area contributed by atoms with Gasteiger partial charge >= 0.3 is 0 Å². The lowest BCUT2D eigenvalue weighted by Crippen LogP contribution is -2.47. The van der Waals surface area contributed by atoms with Gasteiger partial charge in [-0.1, -0.05) is 32.9 Å². The van der Waals surface area contributed by atoms with E-state index in [0.717, 1.165) is 12.3 Å². The van der Waals surface area contributed by atoms with Crippen LogP contribution in [0.3, 0.4) is 0 Å². The summed E-state index contributed by atoms with van der Waals surface area (Å²) in [6.07, 6.45) is 2.46. The van der Waals surface area contributed by atoms with Crippen molar-refractivity contribution in [3.8, 4) is 5.75 Å². The molecule has 1 unspecified atom stereocenters. The predicted molar refractivity (Wildman–Crippen MR) is 71.4 cm³/mol. The highest BCUT2D eigenvalue weighted by molar-refractivity contribution is 5.34. The first-order valence-electron chi connectivity index (χ1n) is 6.39. The molecule has 1 fully saturated rings. The van der Waals surface area contributed by atoms with Crippen molar-refractivity contribution in [3.05, 3.63) is 29.8 Å². The minimum atomic E-state index is 0.110. The van der Waals surface area contributed by atoms with Gasteiger partial charge in [0.2, 0.25) is 0 Å². The van der Waals surface area contributed by atoms with Crippen LogP contribution < -0.4 is 10.1 Å². The third-order valence-electron chi connectivity index (χ3n) is 4.02. The molecule has 2 rings (SSSR count). The van der Waals surface area contributed by atoms with Gasteiger partial charge in [0.05, 0.1) is 7.11 Å². The quantitative estimate of drug-likeness (QED) is 0.846. The largest absolute Gasteiger partial charge is 0.497 e. The van der Waals surface area contributed by atoms with E-state index in [1.807, 2.05) is 0 Å². The number of rotatable bonds is 2. The second-order valence-electron chi connectivity index (χ2n) is 5.91. The third kappa shape index (κ3) is 2.06. The molecular formula is C15H23NO. The van der Waals surface area contributed by atoms with Crippen LogP contribution in [0, 0.1) is 5.41 Å². The van der Waals surface area contributed by atoms with Gasteiger partial charge < -0.3 is 10.1 Å². The van der Waals surface area contributed by atoms with E-state index in [9.17, 15) is 0 Å². The maximum Gasteiger partial charge on any atom is 0.118 e. The van der Waals surface area contributed by atoms with Crippen LogP contribution in [0.2, 0.25) is 0 Å². The van der Waals surface area contributed by atoms with E-state index in [1.54, 1.807) is 7.11 Å². The number of hydrogen-bond donors (Lipinski definition) is 1. The Morgan fingerprint density at radius 1 is 1.18 bits per heavy atom. The van der Waals surface area contributed by atoms with Crippen LogP contribution in [0.4, 0.5) is 0 Å². The van der Waals surface area contributed by atoms with Crippen molar-refractivity contribution in [1.29, 1.82) is 0 Å². The Kier molecular flexibility index (Phi) is 3.17. The Labute approximate surface area is 104 Å². The first kappa shape index (κ1) is 12.4. The molecule has 2 heteroatoms.